The van der Waals surface area contributed by atoms with Crippen LogP contribution in [0.5, 0.6) is 5.75 Å². The van der Waals surface area contributed by atoms with Crippen molar-refractivity contribution >= 4 is 33.3 Å². The van der Waals surface area contributed by atoms with Gasteiger partial charge in [0.1, 0.15) is 10.6 Å². The second-order valence-corrected chi connectivity index (χ2v) is 9.06. The van der Waals surface area contributed by atoms with Crippen LogP contribution in [0.3, 0.4) is 0 Å². The standard InChI is InChI=1S/C22H18ClF2N3O3S/c1-31-18-9-5-3-7-14(18)12-26-22-27-21-15(10-13-6-2-4-8-16(13)23)20(25)17(24)11-19(21)32(29,30)28-22/h2-9,11H,10,12H2,1H3,(H2,26,27,28). The van der Waals surface area contributed by atoms with Gasteiger partial charge in [-0.15, -0.1) is 0 Å². The van der Waals surface area contributed by atoms with Crippen LogP contribution in [-0.4, -0.2) is 21.5 Å². The van der Waals surface area contributed by atoms with E-state index in [2.05, 4.69) is 15.0 Å². The Balaban J connectivity index is 1.76. The summed E-state index contributed by atoms with van der Waals surface area (Å²) in [4.78, 5) is 3.86. The number of hydrogen-bond acceptors (Lipinski definition) is 4. The Kier molecular flexibility index (Phi) is 6.03. The molecule has 0 bridgehead atoms. The second kappa shape index (κ2) is 8.76. The molecule has 0 saturated carbocycles. The third kappa shape index (κ3) is 4.26. The molecule has 6 nitrogen and oxygen atoms in total. The average Bonchev–Trinajstić information content (AvgIpc) is 2.77. The van der Waals surface area contributed by atoms with Crippen molar-refractivity contribution in [2.24, 2.45) is 4.99 Å². The van der Waals surface area contributed by atoms with E-state index in [1.165, 1.54) is 7.11 Å². The topological polar surface area (TPSA) is 79.8 Å². The van der Waals surface area contributed by atoms with Crippen LogP contribution in [-0.2, 0) is 23.0 Å². The van der Waals surface area contributed by atoms with Gasteiger partial charge in [0.05, 0.1) is 19.3 Å². The van der Waals surface area contributed by atoms with Crippen LogP contribution in [0.2, 0.25) is 5.02 Å². The average molecular weight is 478 g/mol. The molecule has 4 rings (SSSR count). The highest BCUT2D eigenvalue weighted by molar-refractivity contribution is 7.90. The molecule has 3 aromatic rings. The summed E-state index contributed by atoms with van der Waals surface area (Å²) >= 11 is 6.18. The van der Waals surface area contributed by atoms with Crippen molar-refractivity contribution < 1.29 is 21.9 Å². The first-order chi connectivity index (χ1) is 15.3. The van der Waals surface area contributed by atoms with Gasteiger partial charge >= 0.3 is 0 Å². The van der Waals surface area contributed by atoms with E-state index in [-0.39, 0.29) is 30.2 Å². The predicted molar refractivity (Wildman–Crippen MR) is 119 cm³/mol. The summed E-state index contributed by atoms with van der Waals surface area (Å²) in [6, 6.07) is 14.5. The van der Waals surface area contributed by atoms with Crippen LogP contribution in [0.15, 0.2) is 64.5 Å². The van der Waals surface area contributed by atoms with Crippen molar-refractivity contribution in [1.82, 2.24) is 4.72 Å². The Labute approximate surface area is 189 Å². The van der Waals surface area contributed by atoms with E-state index >= 15 is 0 Å². The fourth-order valence-corrected chi connectivity index (χ4v) is 4.78. The third-order valence-electron chi connectivity index (χ3n) is 4.97. The summed E-state index contributed by atoms with van der Waals surface area (Å²) in [6.45, 7) is 0.0910. The molecule has 0 amide bonds. The van der Waals surface area contributed by atoms with Crippen molar-refractivity contribution in [3.63, 3.8) is 0 Å². The molecule has 0 aromatic heterocycles. The van der Waals surface area contributed by atoms with Crippen molar-refractivity contribution in [1.29, 1.82) is 0 Å². The molecular weight excluding hydrogens is 460 g/mol. The number of guanidine groups is 1. The van der Waals surface area contributed by atoms with Gasteiger partial charge in [0.25, 0.3) is 10.0 Å². The zero-order valence-corrected chi connectivity index (χ0v) is 18.4. The maximum Gasteiger partial charge on any atom is 0.266 e. The van der Waals surface area contributed by atoms with Gasteiger partial charge in [-0.1, -0.05) is 48.0 Å². The third-order valence-corrected chi connectivity index (χ3v) is 6.70. The minimum absolute atomic E-state index is 0.0821. The zero-order valence-electron chi connectivity index (χ0n) is 16.8. The highest BCUT2D eigenvalue weighted by Gasteiger charge is 2.32. The van der Waals surface area contributed by atoms with Gasteiger partial charge in [-0.05, 0) is 23.8 Å². The number of nitrogens with one attached hydrogen (secondary N) is 2. The normalized spacial score (nSPS) is 15.6. The second-order valence-electron chi connectivity index (χ2n) is 7.00. The van der Waals surface area contributed by atoms with Gasteiger partial charge < -0.3 is 10.1 Å². The van der Waals surface area contributed by atoms with Crippen molar-refractivity contribution in [3.05, 3.63) is 87.9 Å². The lowest BCUT2D eigenvalue weighted by atomic mass is 10.0. The van der Waals surface area contributed by atoms with Gasteiger partial charge in [0, 0.05) is 22.6 Å². The molecule has 0 atom stereocenters. The molecule has 0 fully saturated rings. The molecule has 0 radical (unpaired) electrons. The van der Waals surface area contributed by atoms with Gasteiger partial charge in [0.2, 0.25) is 5.96 Å². The zero-order chi connectivity index (χ0) is 22.9. The maximum atomic E-state index is 14.8. The van der Waals surface area contributed by atoms with Crippen LogP contribution in [0.4, 0.5) is 14.5 Å². The number of halogens is 3. The largest absolute Gasteiger partial charge is 0.496 e. The SMILES string of the molecule is COc1ccccc1CN=C1Nc2c(cc(F)c(F)c2Cc2ccccc2Cl)S(=O)(=O)N1. The van der Waals surface area contributed by atoms with E-state index in [0.29, 0.717) is 22.4 Å². The molecule has 10 heteroatoms. The quantitative estimate of drug-likeness (QED) is 0.568. The van der Waals surface area contributed by atoms with Crippen LogP contribution >= 0.6 is 11.6 Å². The molecule has 32 heavy (non-hydrogen) atoms. The molecular formula is C22H18ClF2N3O3S. The molecule has 0 aliphatic carbocycles. The Morgan fingerprint density at radius 3 is 2.47 bits per heavy atom. The van der Waals surface area contributed by atoms with E-state index in [9.17, 15) is 17.2 Å². The molecule has 1 aliphatic heterocycles. The smallest absolute Gasteiger partial charge is 0.266 e. The Hall–Kier alpha value is -3.17. The van der Waals surface area contributed by atoms with E-state index in [1.54, 1.807) is 48.5 Å². The number of ether oxygens (including phenoxy) is 1. The van der Waals surface area contributed by atoms with Crippen LogP contribution in [0.1, 0.15) is 16.7 Å². The van der Waals surface area contributed by atoms with Crippen molar-refractivity contribution in [2.75, 3.05) is 12.4 Å². The fraction of sp³-hybridized carbons (Fsp3) is 0.136. The van der Waals surface area contributed by atoms with Gasteiger partial charge in [0.15, 0.2) is 11.6 Å². The lowest BCUT2D eigenvalue weighted by Crippen LogP contribution is -2.41. The summed E-state index contributed by atoms with van der Waals surface area (Å²) in [6.07, 6.45) is -0.117. The molecule has 1 aliphatic rings. The van der Waals surface area contributed by atoms with Crippen LogP contribution in [0, 0.1) is 11.6 Å². The number of nitrogens with zero attached hydrogens (tertiary/aromatic N) is 1. The number of para-hydroxylation sites is 1. The first-order valence-corrected chi connectivity index (χ1v) is 11.4. The summed E-state index contributed by atoms with van der Waals surface area (Å²) in [7, 11) is -2.67. The van der Waals surface area contributed by atoms with Crippen LogP contribution in [0.25, 0.3) is 0 Å². The van der Waals surface area contributed by atoms with E-state index in [0.717, 1.165) is 5.56 Å². The number of hydrogen-bond donors (Lipinski definition) is 2. The number of methoxy groups -OCH3 is 1. The Morgan fingerprint density at radius 2 is 1.75 bits per heavy atom. The Morgan fingerprint density at radius 1 is 1.06 bits per heavy atom. The molecule has 2 N–H and O–H groups in total. The van der Waals surface area contributed by atoms with E-state index < -0.39 is 26.6 Å². The number of sulfonamides is 1. The highest BCUT2D eigenvalue weighted by atomic mass is 35.5. The molecule has 0 saturated heterocycles. The molecule has 3 aromatic carbocycles. The maximum absolute atomic E-state index is 14.8. The van der Waals surface area contributed by atoms with Gasteiger partial charge in [-0.3, -0.25) is 0 Å². The number of anilines is 1. The summed E-state index contributed by atoms with van der Waals surface area (Å²) in [5.74, 6) is -1.96. The molecule has 0 spiro atoms. The molecule has 166 valence electrons. The van der Waals surface area contributed by atoms with Crippen LogP contribution < -0.4 is 14.8 Å². The fourth-order valence-electron chi connectivity index (χ4n) is 3.40. The van der Waals surface area contributed by atoms with Gasteiger partial charge in [-0.2, -0.15) is 0 Å². The monoisotopic (exact) mass is 477 g/mol. The minimum atomic E-state index is -4.19. The molecule has 1 heterocycles. The van der Waals surface area contributed by atoms with Crippen molar-refractivity contribution in [3.8, 4) is 5.75 Å². The van der Waals surface area contributed by atoms with E-state index in [1.807, 2.05) is 0 Å². The predicted octanol–water partition coefficient (Wildman–Crippen LogP) is 4.48. The molecule has 0 unspecified atom stereocenters. The first-order valence-electron chi connectivity index (χ1n) is 9.50. The number of rotatable bonds is 5. The first kappa shape index (κ1) is 22.0. The minimum Gasteiger partial charge on any atom is -0.496 e. The summed E-state index contributed by atoms with van der Waals surface area (Å²) < 4.78 is 62.2. The van der Waals surface area contributed by atoms with E-state index in [4.69, 9.17) is 16.3 Å². The summed E-state index contributed by atoms with van der Waals surface area (Å²) in [5.41, 5.74) is 0.992. The van der Waals surface area contributed by atoms with Crippen molar-refractivity contribution in [2.45, 2.75) is 17.9 Å². The Bertz CT molecular complexity index is 1330. The lowest BCUT2D eigenvalue weighted by Gasteiger charge is -2.25. The van der Waals surface area contributed by atoms with Gasteiger partial charge in [-0.25, -0.2) is 26.9 Å². The summed E-state index contributed by atoms with van der Waals surface area (Å²) in [5, 5.41) is 3.16. The number of benzene rings is 3. The number of fused-ring (bicyclic) bond motifs is 1. The number of aliphatic imine (C=N–C) groups is 1. The lowest BCUT2D eigenvalue weighted by molar-refractivity contribution is 0.410. The highest BCUT2D eigenvalue weighted by Crippen LogP contribution is 2.35.